The number of hydrogen-bond acceptors (Lipinski definition) is 6. The zero-order chi connectivity index (χ0) is 20.1. The van der Waals surface area contributed by atoms with Gasteiger partial charge < -0.3 is 15.5 Å². The number of nitrogens with zero attached hydrogens (tertiary/aromatic N) is 4. The summed E-state index contributed by atoms with van der Waals surface area (Å²) in [5, 5.41) is 15.4. The molecule has 2 aromatic rings. The SMILES string of the molecule is Cc1cnc(NC2CCC(NC(=O)c3ccc(C#N)cc3)CC2)nc1N(C)C. The molecule has 0 unspecified atom stereocenters. The minimum Gasteiger partial charge on any atom is -0.362 e. The molecule has 28 heavy (non-hydrogen) atoms. The summed E-state index contributed by atoms with van der Waals surface area (Å²) in [5.74, 6) is 1.48. The Kier molecular flexibility index (Phi) is 6.09. The van der Waals surface area contributed by atoms with E-state index in [1.165, 1.54) is 0 Å². The maximum Gasteiger partial charge on any atom is 0.251 e. The summed E-state index contributed by atoms with van der Waals surface area (Å²) < 4.78 is 0. The number of hydrogen-bond donors (Lipinski definition) is 2. The molecule has 3 rings (SSSR count). The molecule has 0 aliphatic heterocycles. The van der Waals surface area contributed by atoms with Crippen LogP contribution in [0.1, 0.15) is 47.2 Å². The van der Waals surface area contributed by atoms with Crippen molar-refractivity contribution in [2.45, 2.75) is 44.7 Å². The quantitative estimate of drug-likeness (QED) is 0.831. The molecule has 0 bridgehead atoms. The van der Waals surface area contributed by atoms with Crippen LogP contribution in [0.15, 0.2) is 30.5 Å². The van der Waals surface area contributed by atoms with Crippen LogP contribution in [0.3, 0.4) is 0 Å². The lowest BCUT2D eigenvalue weighted by Crippen LogP contribution is -2.40. The molecule has 1 fully saturated rings. The average Bonchev–Trinajstić information content (AvgIpc) is 2.70. The standard InChI is InChI=1S/C21H26N6O/c1-14-13-23-21(26-19(14)27(2)3)25-18-10-8-17(9-11-18)24-20(28)16-6-4-15(12-22)5-7-16/h4-7,13,17-18H,8-11H2,1-3H3,(H,24,28)(H,23,25,26). The Labute approximate surface area is 165 Å². The molecule has 7 heteroatoms. The van der Waals surface area contributed by atoms with E-state index in [1.54, 1.807) is 24.3 Å². The van der Waals surface area contributed by atoms with Gasteiger partial charge in [-0.2, -0.15) is 10.2 Å². The van der Waals surface area contributed by atoms with E-state index in [0.29, 0.717) is 23.1 Å². The van der Waals surface area contributed by atoms with Gasteiger partial charge in [-0.3, -0.25) is 4.79 Å². The maximum absolute atomic E-state index is 12.4. The van der Waals surface area contributed by atoms with E-state index in [1.807, 2.05) is 32.1 Å². The fourth-order valence-electron chi connectivity index (χ4n) is 3.48. The van der Waals surface area contributed by atoms with Gasteiger partial charge in [0, 0.05) is 43.5 Å². The Morgan fingerprint density at radius 1 is 1.14 bits per heavy atom. The maximum atomic E-state index is 12.4. The van der Waals surface area contributed by atoms with Crippen molar-refractivity contribution in [3.63, 3.8) is 0 Å². The molecule has 1 aliphatic carbocycles. The number of aromatic nitrogens is 2. The summed E-state index contributed by atoms with van der Waals surface area (Å²) in [4.78, 5) is 23.4. The topological polar surface area (TPSA) is 93.9 Å². The van der Waals surface area contributed by atoms with Crippen molar-refractivity contribution < 1.29 is 4.79 Å². The molecule has 0 saturated heterocycles. The Bertz CT molecular complexity index is 863. The van der Waals surface area contributed by atoms with Gasteiger partial charge in [-0.25, -0.2) is 4.98 Å². The fraction of sp³-hybridized carbons (Fsp3) is 0.429. The monoisotopic (exact) mass is 378 g/mol. The van der Waals surface area contributed by atoms with E-state index in [0.717, 1.165) is 37.1 Å². The van der Waals surface area contributed by atoms with E-state index in [2.05, 4.69) is 26.7 Å². The van der Waals surface area contributed by atoms with Crippen LogP contribution in [-0.2, 0) is 0 Å². The third-order valence-corrected chi connectivity index (χ3v) is 5.04. The lowest BCUT2D eigenvalue weighted by Gasteiger charge is -2.30. The van der Waals surface area contributed by atoms with Crippen molar-refractivity contribution in [2.24, 2.45) is 0 Å². The highest BCUT2D eigenvalue weighted by Gasteiger charge is 2.23. The van der Waals surface area contributed by atoms with E-state index >= 15 is 0 Å². The largest absolute Gasteiger partial charge is 0.362 e. The molecule has 2 N–H and O–H groups in total. The zero-order valence-electron chi connectivity index (χ0n) is 16.6. The third-order valence-electron chi connectivity index (χ3n) is 5.04. The first-order chi connectivity index (χ1) is 13.5. The van der Waals surface area contributed by atoms with E-state index < -0.39 is 0 Å². The number of nitrogens with one attached hydrogen (secondary N) is 2. The lowest BCUT2D eigenvalue weighted by molar-refractivity contribution is 0.0926. The number of aryl methyl sites for hydroxylation is 1. The van der Waals surface area contributed by atoms with Gasteiger partial charge in [0.25, 0.3) is 5.91 Å². The Balaban J connectivity index is 1.51. The van der Waals surface area contributed by atoms with E-state index in [-0.39, 0.29) is 11.9 Å². The first-order valence-corrected chi connectivity index (χ1v) is 9.55. The van der Waals surface area contributed by atoms with Crippen LogP contribution in [0.25, 0.3) is 0 Å². The van der Waals surface area contributed by atoms with Crippen LogP contribution < -0.4 is 15.5 Å². The normalized spacial score (nSPS) is 18.8. The molecule has 146 valence electrons. The molecule has 0 atom stereocenters. The Morgan fingerprint density at radius 3 is 2.39 bits per heavy atom. The molecular weight excluding hydrogens is 352 g/mol. The zero-order valence-corrected chi connectivity index (χ0v) is 16.6. The molecule has 0 spiro atoms. The summed E-state index contributed by atoms with van der Waals surface area (Å²) in [6.07, 6.45) is 5.56. The summed E-state index contributed by atoms with van der Waals surface area (Å²) in [5.41, 5.74) is 2.19. The second-order valence-electron chi connectivity index (χ2n) is 7.45. The number of carbonyl (C=O) groups is 1. The minimum atomic E-state index is -0.0848. The van der Waals surface area contributed by atoms with Gasteiger partial charge in [0.05, 0.1) is 11.6 Å². The smallest absolute Gasteiger partial charge is 0.251 e. The lowest BCUT2D eigenvalue weighted by atomic mass is 9.91. The average molecular weight is 378 g/mol. The minimum absolute atomic E-state index is 0.0848. The molecule has 1 heterocycles. The summed E-state index contributed by atoms with van der Waals surface area (Å²) in [7, 11) is 3.95. The second-order valence-corrected chi connectivity index (χ2v) is 7.45. The van der Waals surface area contributed by atoms with Gasteiger partial charge in [-0.15, -0.1) is 0 Å². The predicted molar refractivity (Wildman–Crippen MR) is 109 cm³/mol. The van der Waals surface area contributed by atoms with Crippen LogP contribution in [0.2, 0.25) is 0 Å². The molecule has 1 aromatic heterocycles. The van der Waals surface area contributed by atoms with Crippen molar-refractivity contribution in [1.29, 1.82) is 5.26 Å². The van der Waals surface area contributed by atoms with Crippen molar-refractivity contribution >= 4 is 17.7 Å². The van der Waals surface area contributed by atoms with Crippen molar-refractivity contribution in [2.75, 3.05) is 24.3 Å². The number of rotatable bonds is 5. The molecular formula is C21H26N6O. The van der Waals surface area contributed by atoms with Crippen molar-refractivity contribution in [1.82, 2.24) is 15.3 Å². The number of nitriles is 1. The molecule has 1 saturated carbocycles. The molecule has 0 radical (unpaired) electrons. The number of carbonyl (C=O) groups excluding carboxylic acids is 1. The Morgan fingerprint density at radius 2 is 1.79 bits per heavy atom. The fourth-order valence-corrected chi connectivity index (χ4v) is 3.48. The second kappa shape index (κ2) is 8.70. The van der Waals surface area contributed by atoms with Crippen LogP contribution in [0, 0.1) is 18.3 Å². The van der Waals surface area contributed by atoms with Crippen LogP contribution >= 0.6 is 0 Å². The number of amides is 1. The van der Waals surface area contributed by atoms with Gasteiger partial charge >= 0.3 is 0 Å². The first kappa shape index (κ1) is 19.6. The summed E-state index contributed by atoms with van der Waals surface area (Å²) in [6, 6.07) is 9.25. The van der Waals surface area contributed by atoms with Gasteiger partial charge in [-0.05, 0) is 56.9 Å². The molecule has 1 aliphatic rings. The van der Waals surface area contributed by atoms with Crippen LogP contribution in [-0.4, -0.2) is 42.1 Å². The van der Waals surface area contributed by atoms with Gasteiger partial charge in [-0.1, -0.05) is 0 Å². The highest BCUT2D eigenvalue weighted by atomic mass is 16.1. The van der Waals surface area contributed by atoms with Crippen molar-refractivity contribution in [3.05, 3.63) is 47.2 Å². The van der Waals surface area contributed by atoms with Gasteiger partial charge in [0.15, 0.2) is 0 Å². The van der Waals surface area contributed by atoms with E-state index in [9.17, 15) is 4.79 Å². The Hall–Kier alpha value is -3.14. The molecule has 1 aromatic carbocycles. The highest BCUT2D eigenvalue weighted by molar-refractivity contribution is 5.94. The predicted octanol–water partition coefficient (Wildman–Crippen LogP) is 2.88. The van der Waals surface area contributed by atoms with Crippen LogP contribution in [0.5, 0.6) is 0 Å². The highest BCUT2D eigenvalue weighted by Crippen LogP contribution is 2.23. The van der Waals surface area contributed by atoms with Gasteiger partial charge in [0.2, 0.25) is 5.95 Å². The first-order valence-electron chi connectivity index (χ1n) is 9.55. The van der Waals surface area contributed by atoms with Crippen LogP contribution in [0.4, 0.5) is 11.8 Å². The molecule has 1 amide bonds. The number of benzene rings is 1. The van der Waals surface area contributed by atoms with E-state index in [4.69, 9.17) is 5.26 Å². The van der Waals surface area contributed by atoms with Gasteiger partial charge in [0.1, 0.15) is 5.82 Å². The number of anilines is 2. The summed E-state index contributed by atoms with van der Waals surface area (Å²) >= 11 is 0. The van der Waals surface area contributed by atoms with Crippen molar-refractivity contribution in [3.8, 4) is 6.07 Å². The molecule has 7 nitrogen and oxygen atoms in total. The summed E-state index contributed by atoms with van der Waals surface area (Å²) in [6.45, 7) is 2.00. The third kappa shape index (κ3) is 4.77.